The predicted octanol–water partition coefficient (Wildman–Crippen LogP) is 22.3. The van der Waals surface area contributed by atoms with Crippen LogP contribution in [0.4, 0.5) is 0 Å². The Labute approximate surface area is 466 Å². The lowest BCUT2D eigenvalue weighted by atomic mass is 10.0. The summed E-state index contributed by atoms with van der Waals surface area (Å²) >= 11 is 0. The Morgan fingerprint density at radius 1 is 0.267 bits per heavy atom. The number of carbonyl (C=O) groups excluding carboxylic acids is 3. The van der Waals surface area contributed by atoms with Crippen molar-refractivity contribution in [3.8, 4) is 0 Å². The Hall–Kier alpha value is -2.89. The zero-order valence-corrected chi connectivity index (χ0v) is 50.1. The van der Waals surface area contributed by atoms with Crippen molar-refractivity contribution in [3.05, 3.63) is 60.8 Å². The van der Waals surface area contributed by atoms with Gasteiger partial charge in [-0.05, 0) is 89.9 Å². The van der Waals surface area contributed by atoms with E-state index in [9.17, 15) is 14.4 Å². The highest BCUT2D eigenvalue weighted by atomic mass is 16.6. The summed E-state index contributed by atoms with van der Waals surface area (Å²) in [4.78, 5) is 38.3. The first-order valence-electron chi connectivity index (χ1n) is 32.8. The van der Waals surface area contributed by atoms with Crippen LogP contribution < -0.4 is 0 Å². The predicted molar refractivity (Wildman–Crippen MR) is 325 cm³/mol. The van der Waals surface area contributed by atoms with Crippen LogP contribution in [0.25, 0.3) is 0 Å². The third kappa shape index (κ3) is 61.8. The zero-order chi connectivity index (χ0) is 54.3. The number of hydrogen-bond acceptors (Lipinski definition) is 6. The number of esters is 3. The van der Waals surface area contributed by atoms with Gasteiger partial charge in [-0.15, -0.1) is 0 Å². The normalized spacial score (nSPS) is 12.4. The minimum atomic E-state index is -0.789. The third-order valence-corrected chi connectivity index (χ3v) is 14.5. The fourth-order valence-electron chi connectivity index (χ4n) is 9.54. The maximum absolute atomic E-state index is 12.9. The SMILES string of the molecule is CCCCC/C=C\C/C=C\C/C=C\C/C=C\CCCCCC(=O)OC[C@H](COC(=O)CCCCCCCCCCCCCCCCCCCCCCC)OC(=O)CCCCCCCCC/C=C\CCCCCCCC. The minimum absolute atomic E-state index is 0.0829. The molecule has 0 rings (SSSR count). The quantitative estimate of drug-likeness (QED) is 0.0261. The molecule has 0 radical (unpaired) electrons. The first-order chi connectivity index (χ1) is 37.0. The van der Waals surface area contributed by atoms with E-state index >= 15 is 0 Å². The van der Waals surface area contributed by atoms with Crippen molar-refractivity contribution in [2.75, 3.05) is 13.2 Å². The highest BCUT2D eigenvalue weighted by Crippen LogP contribution is 2.17. The van der Waals surface area contributed by atoms with Crippen LogP contribution in [-0.2, 0) is 28.6 Å². The zero-order valence-electron chi connectivity index (χ0n) is 50.1. The topological polar surface area (TPSA) is 78.9 Å². The maximum atomic E-state index is 12.9. The van der Waals surface area contributed by atoms with Gasteiger partial charge in [0.1, 0.15) is 13.2 Å². The Bertz CT molecular complexity index is 1340. The molecule has 0 saturated carbocycles. The van der Waals surface area contributed by atoms with Crippen LogP contribution in [-0.4, -0.2) is 37.2 Å². The van der Waals surface area contributed by atoms with Crippen LogP contribution in [0.1, 0.15) is 342 Å². The number of rotatable bonds is 60. The summed E-state index contributed by atoms with van der Waals surface area (Å²) in [5, 5.41) is 0. The molecule has 0 aliphatic heterocycles. The van der Waals surface area contributed by atoms with Crippen molar-refractivity contribution < 1.29 is 28.6 Å². The molecule has 0 aromatic rings. The lowest BCUT2D eigenvalue weighted by Gasteiger charge is -2.18. The summed E-state index contributed by atoms with van der Waals surface area (Å²) in [6, 6.07) is 0. The number of unbranched alkanes of at least 4 members (excludes halogenated alkanes) is 39. The van der Waals surface area contributed by atoms with Gasteiger partial charge in [-0.3, -0.25) is 14.4 Å². The van der Waals surface area contributed by atoms with Gasteiger partial charge in [0.05, 0.1) is 0 Å². The molecular weight excluding hydrogens is 925 g/mol. The number of ether oxygens (including phenoxy) is 3. The standard InChI is InChI=1S/C69H124O6/c1-4-7-10-13-16-19-22-25-28-31-33-34-36-39-41-44-47-50-53-56-59-62-68(71)74-65-66(75-69(72)63-60-57-54-51-48-45-42-37-30-27-24-21-18-15-12-9-6-3)64-73-67(70)61-58-55-52-49-46-43-40-38-35-32-29-26-23-20-17-14-11-8-5-2/h17,20,26-27,29-30,35,38,43,46,66H,4-16,18-19,21-25,28,31-34,36-37,39-42,44-45,47-65H2,1-3H3/b20-17-,29-26-,30-27-,38-35-,46-43-/t66-/m1/s1. The summed E-state index contributed by atoms with van der Waals surface area (Å²) in [6.45, 7) is 6.63. The van der Waals surface area contributed by atoms with E-state index < -0.39 is 6.10 Å². The van der Waals surface area contributed by atoms with Gasteiger partial charge in [0.2, 0.25) is 0 Å². The fourth-order valence-corrected chi connectivity index (χ4v) is 9.54. The maximum Gasteiger partial charge on any atom is 0.306 e. The van der Waals surface area contributed by atoms with Crippen LogP contribution in [0.2, 0.25) is 0 Å². The smallest absolute Gasteiger partial charge is 0.306 e. The van der Waals surface area contributed by atoms with E-state index in [1.807, 2.05) is 0 Å². The first kappa shape index (κ1) is 72.1. The second-order valence-corrected chi connectivity index (χ2v) is 22.0. The molecule has 0 unspecified atom stereocenters. The van der Waals surface area contributed by atoms with Crippen LogP contribution in [0, 0.1) is 0 Å². The molecule has 0 aliphatic rings. The molecule has 0 heterocycles. The molecule has 0 saturated heterocycles. The number of carbonyl (C=O) groups is 3. The Morgan fingerprint density at radius 2 is 0.480 bits per heavy atom. The lowest BCUT2D eigenvalue weighted by Crippen LogP contribution is -2.30. The molecule has 0 aromatic carbocycles. The second-order valence-electron chi connectivity index (χ2n) is 22.0. The first-order valence-corrected chi connectivity index (χ1v) is 32.8. The third-order valence-electron chi connectivity index (χ3n) is 14.5. The van der Waals surface area contributed by atoms with E-state index in [-0.39, 0.29) is 31.1 Å². The molecule has 0 N–H and O–H groups in total. The van der Waals surface area contributed by atoms with Crippen molar-refractivity contribution in [2.24, 2.45) is 0 Å². The van der Waals surface area contributed by atoms with E-state index in [0.717, 1.165) is 83.5 Å². The van der Waals surface area contributed by atoms with Crippen molar-refractivity contribution in [3.63, 3.8) is 0 Å². The molecule has 0 bridgehead atoms. The van der Waals surface area contributed by atoms with Gasteiger partial charge in [0.15, 0.2) is 6.10 Å². The second kappa shape index (κ2) is 63.6. The van der Waals surface area contributed by atoms with Gasteiger partial charge < -0.3 is 14.2 Å². The molecule has 0 aromatic heterocycles. The molecule has 0 spiro atoms. The largest absolute Gasteiger partial charge is 0.462 e. The van der Waals surface area contributed by atoms with E-state index in [0.29, 0.717) is 19.3 Å². The summed E-state index contributed by atoms with van der Waals surface area (Å²) in [6.07, 6.45) is 80.8. The molecular formula is C69H124O6. The van der Waals surface area contributed by atoms with Crippen molar-refractivity contribution in [2.45, 2.75) is 348 Å². The van der Waals surface area contributed by atoms with Gasteiger partial charge >= 0.3 is 17.9 Å². The summed E-state index contributed by atoms with van der Waals surface area (Å²) < 4.78 is 16.9. The molecule has 0 fully saturated rings. The van der Waals surface area contributed by atoms with Crippen LogP contribution in [0.3, 0.4) is 0 Å². The van der Waals surface area contributed by atoms with Crippen LogP contribution in [0.15, 0.2) is 60.8 Å². The number of hydrogen-bond donors (Lipinski definition) is 0. The molecule has 1 atom stereocenters. The van der Waals surface area contributed by atoms with Gasteiger partial charge in [-0.1, -0.05) is 293 Å². The Morgan fingerprint density at radius 3 is 0.800 bits per heavy atom. The molecule has 6 heteroatoms. The summed E-state index contributed by atoms with van der Waals surface area (Å²) in [5.74, 6) is -0.900. The van der Waals surface area contributed by atoms with E-state index in [1.165, 1.54) is 218 Å². The van der Waals surface area contributed by atoms with Crippen molar-refractivity contribution in [1.82, 2.24) is 0 Å². The molecule has 0 aliphatic carbocycles. The highest BCUT2D eigenvalue weighted by Gasteiger charge is 2.19. The van der Waals surface area contributed by atoms with Gasteiger partial charge in [0, 0.05) is 19.3 Å². The molecule has 6 nitrogen and oxygen atoms in total. The average molecular weight is 1050 g/mol. The van der Waals surface area contributed by atoms with E-state index in [4.69, 9.17) is 14.2 Å². The van der Waals surface area contributed by atoms with E-state index in [1.54, 1.807) is 0 Å². The molecule has 436 valence electrons. The van der Waals surface area contributed by atoms with Gasteiger partial charge in [-0.2, -0.15) is 0 Å². The minimum Gasteiger partial charge on any atom is -0.462 e. The Kier molecular flexibility index (Phi) is 61.2. The molecule has 75 heavy (non-hydrogen) atoms. The number of allylic oxidation sites excluding steroid dienone is 10. The monoisotopic (exact) mass is 1050 g/mol. The van der Waals surface area contributed by atoms with Crippen LogP contribution in [0.5, 0.6) is 0 Å². The van der Waals surface area contributed by atoms with Crippen molar-refractivity contribution >= 4 is 17.9 Å². The Balaban J connectivity index is 4.38. The summed E-state index contributed by atoms with van der Waals surface area (Å²) in [5.41, 5.74) is 0. The van der Waals surface area contributed by atoms with E-state index in [2.05, 4.69) is 81.5 Å². The van der Waals surface area contributed by atoms with Crippen molar-refractivity contribution in [1.29, 1.82) is 0 Å². The van der Waals surface area contributed by atoms with Gasteiger partial charge in [0.25, 0.3) is 0 Å². The molecule has 0 amide bonds. The fraction of sp³-hybridized carbons (Fsp3) is 0.812. The van der Waals surface area contributed by atoms with Gasteiger partial charge in [-0.25, -0.2) is 0 Å². The average Bonchev–Trinajstić information content (AvgIpc) is 3.41. The lowest BCUT2D eigenvalue weighted by molar-refractivity contribution is -0.167. The van der Waals surface area contributed by atoms with Crippen LogP contribution >= 0.6 is 0 Å². The highest BCUT2D eigenvalue weighted by molar-refractivity contribution is 5.71. The summed E-state index contributed by atoms with van der Waals surface area (Å²) in [7, 11) is 0.